The number of phenols is 8. The van der Waals surface area contributed by atoms with Crippen LogP contribution in [0.3, 0.4) is 0 Å². The van der Waals surface area contributed by atoms with Gasteiger partial charge in [-0.25, -0.2) is 0 Å². The van der Waals surface area contributed by atoms with E-state index < -0.39 is 46.0 Å². The van der Waals surface area contributed by atoms with Gasteiger partial charge in [-0.15, -0.1) is 0 Å². The second-order valence-corrected chi connectivity index (χ2v) is 12.4. The fourth-order valence-corrected chi connectivity index (χ4v) is 7.42. The van der Waals surface area contributed by atoms with Gasteiger partial charge in [0.1, 0.15) is 11.2 Å². The Hall–Kier alpha value is -7.26. The number of aromatic hydroxyl groups is 8. The molecule has 51 heavy (non-hydrogen) atoms. The summed E-state index contributed by atoms with van der Waals surface area (Å²) in [4.78, 5) is 0. The first-order valence-corrected chi connectivity index (χ1v) is 15.9. The molecule has 248 valence electrons. The third kappa shape index (κ3) is 4.03. The molecule has 0 atom stereocenters. The lowest BCUT2D eigenvalue weighted by Crippen LogP contribution is -1.95. The van der Waals surface area contributed by atoms with Crippen molar-refractivity contribution >= 4 is 54.3 Å². The Balaban J connectivity index is 1.46. The number of rotatable bonds is 3. The molecule has 0 saturated heterocycles. The average molecular weight is 675 g/mol. The third-order valence-electron chi connectivity index (χ3n) is 9.74. The molecule has 9 aromatic rings. The van der Waals surface area contributed by atoms with Crippen LogP contribution in [0, 0.1) is 0 Å². The van der Waals surface area contributed by atoms with Gasteiger partial charge in [0.2, 0.25) is 23.0 Å². The van der Waals surface area contributed by atoms with Gasteiger partial charge in [0, 0.05) is 49.0 Å². The molecule has 0 saturated carbocycles. The summed E-state index contributed by atoms with van der Waals surface area (Å²) in [5, 5.41) is 92.6. The lowest BCUT2D eigenvalue weighted by molar-refractivity contribution is 0.350. The molecule has 0 fully saturated rings. The molecule has 0 aliphatic heterocycles. The van der Waals surface area contributed by atoms with Crippen LogP contribution in [0.5, 0.6) is 46.0 Å². The summed E-state index contributed by atoms with van der Waals surface area (Å²) in [5.74, 6) is -7.56. The Morgan fingerprint density at radius 2 is 0.784 bits per heavy atom. The van der Waals surface area contributed by atoms with Crippen molar-refractivity contribution in [1.29, 1.82) is 0 Å². The highest BCUT2D eigenvalue weighted by Gasteiger charge is 2.33. The molecule has 1 aromatic heterocycles. The number of para-hydroxylation sites is 2. The summed E-state index contributed by atoms with van der Waals surface area (Å²) < 4.78 is 6.27. The summed E-state index contributed by atoms with van der Waals surface area (Å²) in [7, 11) is 0. The Kier molecular flexibility index (Phi) is 6.21. The van der Waals surface area contributed by atoms with Crippen LogP contribution in [0.2, 0.25) is 0 Å². The molecular formula is C42H26O9. The van der Waals surface area contributed by atoms with E-state index in [1.807, 2.05) is 72.8 Å². The van der Waals surface area contributed by atoms with Gasteiger partial charge in [0.05, 0.1) is 0 Å². The zero-order valence-corrected chi connectivity index (χ0v) is 26.4. The predicted molar refractivity (Wildman–Crippen MR) is 196 cm³/mol. The molecule has 8 aromatic carbocycles. The lowest BCUT2D eigenvalue weighted by atomic mass is 9.83. The second-order valence-electron chi connectivity index (χ2n) is 12.4. The average Bonchev–Trinajstić information content (AvgIpc) is 3.55. The Morgan fingerprint density at radius 1 is 0.333 bits per heavy atom. The monoisotopic (exact) mass is 674 g/mol. The molecule has 0 aliphatic rings. The molecule has 9 rings (SSSR count). The summed E-state index contributed by atoms with van der Waals surface area (Å²) in [5.41, 5.74) is 3.02. The maximum atomic E-state index is 11.6. The van der Waals surface area contributed by atoms with Crippen molar-refractivity contribution in [1.82, 2.24) is 0 Å². The maximum absolute atomic E-state index is 11.6. The Bertz CT molecular complexity index is 2860. The Labute approximate surface area is 287 Å². The quantitative estimate of drug-likeness (QED) is 0.0515. The number of phenolic OH excluding ortho intramolecular Hbond substituents is 8. The summed E-state index contributed by atoms with van der Waals surface area (Å²) in [6.07, 6.45) is 0. The highest BCUT2D eigenvalue weighted by Crippen LogP contribution is 2.62. The van der Waals surface area contributed by atoms with Gasteiger partial charge in [-0.3, -0.25) is 0 Å². The fourth-order valence-electron chi connectivity index (χ4n) is 7.42. The van der Waals surface area contributed by atoms with Gasteiger partial charge < -0.3 is 45.3 Å². The minimum Gasteiger partial charge on any atom is -0.504 e. The van der Waals surface area contributed by atoms with E-state index in [4.69, 9.17) is 4.42 Å². The molecule has 0 spiro atoms. The van der Waals surface area contributed by atoms with Crippen molar-refractivity contribution in [2.75, 3.05) is 0 Å². The van der Waals surface area contributed by atoms with Crippen LogP contribution in [0.1, 0.15) is 0 Å². The number of furan rings is 1. The summed E-state index contributed by atoms with van der Waals surface area (Å²) in [6.45, 7) is 0. The van der Waals surface area contributed by atoms with Crippen molar-refractivity contribution in [3.63, 3.8) is 0 Å². The minimum absolute atomic E-state index is 0.0313. The van der Waals surface area contributed by atoms with E-state index in [-0.39, 0.29) is 43.8 Å². The van der Waals surface area contributed by atoms with Crippen LogP contribution in [-0.2, 0) is 0 Å². The summed E-state index contributed by atoms with van der Waals surface area (Å²) in [6, 6.07) is 33.2. The first kappa shape index (κ1) is 29.8. The van der Waals surface area contributed by atoms with Gasteiger partial charge >= 0.3 is 0 Å². The van der Waals surface area contributed by atoms with Gasteiger partial charge in [0.25, 0.3) is 0 Å². The van der Waals surface area contributed by atoms with E-state index in [1.165, 1.54) is 0 Å². The predicted octanol–water partition coefficient (Wildman–Crippen LogP) is 9.69. The van der Waals surface area contributed by atoms with Crippen LogP contribution >= 0.6 is 0 Å². The highest BCUT2D eigenvalue weighted by molar-refractivity contribution is 6.30. The topological polar surface area (TPSA) is 175 Å². The SMILES string of the molecule is Oc1c(O)c(O)c2c(-c3cccc4c3oc3ccccc34)c3c(O)c(O)c(O)c(O)c3c(-c3ccc(-c4cccc5ccccc45)cc3)c2c1O. The molecule has 8 N–H and O–H groups in total. The van der Waals surface area contributed by atoms with Gasteiger partial charge in [0.15, 0.2) is 23.0 Å². The van der Waals surface area contributed by atoms with Crippen molar-refractivity contribution in [2.45, 2.75) is 0 Å². The number of hydrogen-bond donors (Lipinski definition) is 8. The molecule has 0 aliphatic carbocycles. The van der Waals surface area contributed by atoms with Crippen LogP contribution < -0.4 is 0 Å². The van der Waals surface area contributed by atoms with E-state index in [1.54, 1.807) is 36.4 Å². The van der Waals surface area contributed by atoms with E-state index in [0.29, 0.717) is 16.5 Å². The van der Waals surface area contributed by atoms with E-state index in [2.05, 4.69) is 0 Å². The molecule has 9 heteroatoms. The fraction of sp³-hybridized carbons (Fsp3) is 0. The highest BCUT2D eigenvalue weighted by atomic mass is 16.4. The van der Waals surface area contributed by atoms with Crippen molar-refractivity contribution < 1.29 is 45.3 Å². The van der Waals surface area contributed by atoms with Crippen molar-refractivity contribution in [2.24, 2.45) is 0 Å². The minimum atomic E-state index is -1.04. The first-order chi connectivity index (χ1) is 24.7. The van der Waals surface area contributed by atoms with E-state index in [0.717, 1.165) is 27.3 Å². The van der Waals surface area contributed by atoms with E-state index in [9.17, 15) is 40.9 Å². The zero-order valence-electron chi connectivity index (χ0n) is 26.4. The molecule has 0 amide bonds. The largest absolute Gasteiger partial charge is 0.504 e. The van der Waals surface area contributed by atoms with Crippen LogP contribution in [0.4, 0.5) is 0 Å². The third-order valence-corrected chi connectivity index (χ3v) is 9.74. The Morgan fingerprint density at radius 3 is 1.41 bits per heavy atom. The normalized spacial score (nSPS) is 11.8. The first-order valence-electron chi connectivity index (χ1n) is 15.9. The van der Waals surface area contributed by atoms with E-state index >= 15 is 0 Å². The lowest BCUT2D eigenvalue weighted by Gasteiger charge is -2.22. The van der Waals surface area contributed by atoms with Crippen molar-refractivity contribution in [3.8, 4) is 79.4 Å². The maximum Gasteiger partial charge on any atom is 0.204 e. The smallest absolute Gasteiger partial charge is 0.204 e. The molecule has 1 heterocycles. The molecule has 9 nitrogen and oxygen atoms in total. The van der Waals surface area contributed by atoms with Crippen molar-refractivity contribution in [3.05, 3.63) is 109 Å². The van der Waals surface area contributed by atoms with Crippen LogP contribution in [0.15, 0.2) is 114 Å². The second kappa shape index (κ2) is 10.6. The summed E-state index contributed by atoms with van der Waals surface area (Å²) >= 11 is 0. The molecule has 0 bridgehead atoms. The molecule has 0 unspecified atom stereocenters. The van der Waals surface area contributed by atoms with Crippen LogP contribution in [0.25, 0.3) is 87.6 Å². The standard InChI is InChI=1S/C42H26O9/c43-34-30-28(21-17-15-20(16-18-21)23-11-5-8-19-7-1-2-9-22(19)23)31-33(37(46)41(50)39(48)35(31)44)29(32(30)36(45)40(49)38(34)47)26-13-6-12-25-24-10-3-4-14-27(24)51-42(25)26/h1-18,43-50H. The van der Waals surface area contributed by atoms with Gasteiger partial charge in [-0.1, -0.05) is 103 Å². The number of fused-ring (bicyclic) bond motifs is 6. The molecular weight excluding hydrogens is 648 g/mol. The van der Waals surface area contributed by atoms with Crippen LogP contribution in [-0.4, -0.2) is 40.9 Å². The van der Waals surface area contributed by atoms with Gasteiger partial charge in [-0.05, 0) is 33.5 Å². The number of benzene rings is 8. The van der Waals surface area contributed by atoms with Gasteiger partial charge in [-0.2, -0.15) is 0 Å². The number of hydrogen-bond acceptors (Lipinski definition) is 9. The molecule has 0 radical (unpaired) electrons. The zero-order chi connectivity index (χ0) is 35.3.